The van der Waals surface area contributed by atoms with E-state index in [9.17, 15) is 8.78 Å². The van der Waals surface area contributed by atoms with Gasteiger partial charge in [0.1, 0.15) is 11.6 Å². The summed E-state index contributed by atoms with van der Waals surface area (Å²) in [6.45, 7) is 5.91. The van der Waals surface area contributed by atoms with Gasteiger partial charge in [-0.3, -0.25) is 14.6 Å². The molecule has 0 radical (unpaired) electrons. The van der Waals surface area contributed by atoms with Gasteiger partial charge in [-0.25, -0.2) is 13.8 Å². The van der Waals surface area contributed by atoms with Crippen molar-refractivity contribution < 1.29 is 13.5 Å². The minimum atomic E-state index is -0.630. The molecule has 1 fully saturated rings. The molecule has 7 nitrogen and oxygen atoms in total. The smallest absolute Gasteiger partial charge is 0.151 e. The van der Waals surface area contributed by atoms with Crippen molar-refractivity contribution in [1.29, 1.82) is 0 Å². The number of aryl methyl sites for hydroxylation is 1. The Morgan fingerprint density at radius 1 is 1.03 bits per heavy atom. The number of morpholine rings is 1. The maximum absolute atomic E-state index is 14.4. The van der Waals surface area contributed by atoms with Crippen LogP contribution in [-0.2, 0) is 24.2 Å². The number of anilines is 1. The molecule has 1 aromatic carbocycles. The van der Waals surface area contributed by atoms with Crippen LogP contribution in [0.2, 0.25) is 5.02 Å². The largest absolute Gasteiger partial charge is 0.379 e. The molecule has 0 N–H and O–H groups in total. The van der Waals surface area contributed by atoms with Crippen LogP contribution in [0.1, 0.15) is 17.7 Å². The van der Waals surface area contributed by atoms with Crippen LogP contribution < -0.4 is 4.90 Å². The highest BCUT2D eigenvalue weighted by Gasteiger charge is 2.24. The summed E-state index contributed by atoms with van der Waals surface area (Å²) in [4.78, 5) is 13.7. The number of halogens is 3. The molecule has 2 aliphatic rings. The fourth-order valence-corrected chi connectivity index (χ4v) is 4.47. The Morgan fingerprint density at radius 2 is 1.85 bits per heavy atom. The molecule has 0 spiro atoms. The molecule has 174 valence electrons. The molecule has 0 saturated carbocycles. The van der Waals surface area contributed by atoms with Crippen LogP contribution >= 0.6 is 11.6 Å². The number of hydrogen-bond acceptors (Lipinski definition) is 6. The Kier molecular flexibility index (Phi) is 6.52. The Morgan fingerprint density at radius 3 is 2.70 bits per heavy atom. The van der Waals surface area contributed by atoms with Gasteiger partial charge < -0.3 is 9.64 Å². The van der Waals surface area contributed by atoms with Gasteiger partial charge in [-0.2, -0.15) is 5.10 Å². The van der Waals surface area contributed by atoms with Gasteiger partial charge in [0.05, 0.1) is 48.6 Å². The van der Waals surface area contributed by atoms with Crippen molar-refractivity contribution in [1.82, 2.24) is 24.6 Å². The van der Waals surface area contributed by atoms with E-state index >= 15 is 0 Å². The molecule has 33 heavy (non-hydrogen) atoms. The molecular weight excluding hydrogens is 450 g/mol. The van der Waals surface area contributed by atoms with Crippen molar-refractivity contribution in [2.24, 2.45) is 0 Å². The van der Waals surface area contributed by atoms with Crippen molar-refractivity contribution in [3.63, 3.8) is 0 Å². The van der Waals surface area contributed by atoms with Crippen molar-refractivity contribution in [3.8, 4) is 11.3 Å². The third kappa shape index (κ3) is 4.85. The lowest BCUT2D eigenvalue weighted by molar-refractivity contribution is 0.0360. The van der Waals surface area contributed by atoms with Gasteiger partial charge in [-0.1, -0.05) is 11.6 Å². The molecule has 0 unspecified atom stereocenters. The normalized spacial score (nSPS) is 16.8. The van der Waals surface area contributed by atoms with E-state index in [0.717, 1.165) is 75.6 Å². The average molecular weight is 475 g/mol. The Labute approximate surface area is 195 Å². The number of benzene rings is 1. The standard InChI is InChI=1S/C23H25ClF2N6O/c24-22-17(18(25)3-4-19(22)26)15-31-5-1-2-20-23(31)29-21(13-27-20)16-12-28-32(14-16)7-6-30-8-10-33-11-9-30/h3-4,12-14H,1-2,5-11,15H2. The van der Waals surface area contributed by atoms with Gasteiger partial charge in [0.2, 0.25) is 0 Å². The van der Waals surface area contributed by atoms with Crippen LogP contribution in [0, 0.1) is 11.6 Å². The monoisotopic (exact) mass is 474 g/mol. The zero-order valence-electron chi connectivity index (χ0n) is 18.2. The molecule has 0 bridgehead atoms. The number of hydrogen-bond donors (Lipinski definition) is 0. The Balaban J connectivity index is 1.35. The summed E-state index contributed by atoms with van der Waals surface area (Å²) >= 11 is 6.06. The number of aromatic nitrogens is 4. The van der Waals surface area contributed by atoms with Gasteiger partial charge in [-0.15, -0.1) is 0 Å². The molecule has 10 heteroatoms. The number of ether oxygens (including phenoxy) is 1. The molecule has 2 aromatic heterocycles. The maximum Gasteiger partial charge on any atom is 0.151 e. The minimum absolute atomic E-state index is 0.131. The molecular formula is C23H25ClF2N6O. The number of fused-ring (bicyclic) bond motifs is 1. The van der Waals surface area contributed by atoms with Crippen LogP contribution in [0.15, 0.2) is 30.7 Å². The number of nitrogens with zero attached hydrogens (tertiary/aromatic N) is 6. The van der Waals surface area contributed by atoms with E-state index < -0.39 is 11.6 Å². The second-order valence-electron chi connectivity index (χ2n) is 8.32. The highest BCUT2D eigenvalue weighted by Crippen LogP contribution is 2.31. The van der Waals surface area contributed by atoms with Crippen molar-refractivity contribution >= 4 is 17.4 Å². The first kappa shape index (κ1) is 22.2. The average Bonchev–Trinajstić information content (AvgIpc) is 3.32. The first-order valence-corrected chi connectivity index (χ1v) is 11.5. The predicted molar refractivity (Wildman–Crippen MR) is 121 cm³/mol. The van der Waals surface area contributed by atoms with Gasteiger partial charge in [0, 0.05) is 50.0 Å². The van der Waals surface area contributed by atoms with E-state index in [1.165, 1.54) is 0 Å². The SMILES string of the molecule is Fc1ccc(F)c(CN2CCCc3ncc(-c4cnn(CCN5CCOCC5)c4)nc32)c1Cl. The van der Waals surface area contributed by atoms with Gasteiger partial charge in [-0.05, 0) is 25.0 Å². The first-order valence-electron chi connectivity index (χ1n) is 11.1. The molecule has 0 aliphatic carbocycles. The molecule has 1 saturated heterocycles. The number of rotatable bonds is 6. The molecule has 3 aromatic rings. The Bertz CT molecular complexity index is 1130. The van der Waals surface area contributed by atoms with Crippen LogP contribution in [0.25, 0.3) is 11.3 Å². The van der Waals surface area contributed by atoms with Crippen LogP contribution in [0.4, 0.5) is 14.6 Å². The third-order valence-electron chi connectivity index (χ3n) is 6.13. The minimum Gasteiger partial charge on any atom is -0.379 e. The third-order valence-corrected chi connectivity index (χ3v) is 6.54. The topological polar surface area (TPSA) is 59.3 Å². The molecule has 4 heterocycles. The van der Waals surface area contributed by atoms with E-state index in [4.69, 9.17) is 21.3 Å². The second-order valence-corrected chi connectivity index (χ2v) is 8.70. The first-order chi connectivity index (χ1) is 16.1. The highest BCUT2D eigenvalue weighted by molar-refractivity contribution is 6.31. The van der Waals surface area contributed by atoms with E-state index in [2.05, 4.69) is 15.0 Å². The predicted octanol–water partition coefficient (Wildman–Crippen LogP) is 3.56. The summed E-state index contributed by atoms with van der Waals surface area (Å²) in [5, 5.41) is 4.29. The van der Waals surface area contributed by atoms with E-state index in [1.807, 2.05) is 15.8 Å². The lowest BCUT2D eigenvalue weighted by Crippen LogP contribution is -2.38. The van der Waals surface area contributed by atoms with Gasteiger partial charge in [0.15, 0.2) is 5.82 Å². The molecule has 0 amide bonds. The van der Waals surface area contributed by atoms with Crippen LogP contribution in [0.3, 0.4) is 0 Å². The van der Waals surface area contributed by atoms with Crippen LogP contribution in [-0.4, -0.2) is 64.0 Å². The summed E-state index contributed by atoms with van der Waals surface area (Å²) in [5.41, 5.74) is 2.54. The highest BCUT2D eigenvalue weighted by atomic mass is 35.5. The van der Waals surface area contributed by atoms with Gasteiger partial charge in [0.25, 0.3) is 0 Å². The summed E-state index contributed by atoms with van der Waals surface area (Å²) in [5.74, 6) is -0.478. The van der Waals surface area contributed by atoms with Crippen molar-refractivity contribution in [2.45, 2.75) is 25.9 Å². The van der Waals surface area contributed by atoms with Crippen LogP contribution in [0.5, 0.6) is 0 Å². The lowest BCUT2D eigenvalue weighted by Gasteiger charge is -2.30. The van der Waals surface area contributed by atoms with E-state index in [0.29, 0.717) is 18.1 Å². The van der Waals surface area contributed by atoms with Gasteiger partial charge >= 0.3 is 0 Å². The summed E-state index contributed by atoms with van der Waals surface area (Å²) in [6, 6.07) is 2.15. The lowest BCUT2D eigenvalue weighted by atomic mass is 10.1. The second kappa shape index (κ2) is 9.70. The van der Waals surface area contributed by atoms with E-state index in [-0.39, 0.29) is 17.1 Å². The Hall–Kier alpha value is -2.62. The zero-order valence-corrected chi connectivity index (χ0v) is 18.9. The quantitative estimate of drug-likeness (QED) is 0.509. The molecule has 2 aliphatic heterocycles. The summed E-state index contributed by atoms with van der Waals surface area (Å²) in [7, 11) is 0. The zero-order chi connectivity index (χ0) is 22.8. The summed E-state index contributed by atoms with van der Waals surface area (Å²) < 4.78 is 35.6. The summed E-state index contributed by atoms with van der Waals surface area (Å²) in [6.07, 6.45) is 7.15. The van der Waals surface area contributed by atoms with E-state index in [1.54, 1.807) is 12.4 Å². The molecule has 5 rings (SSSR count). The van der Waals surface area contributed by atoms with Crippen molar-refractivity contribution in [3.05, 3.63) is 58.6 Å². The van der Waals surface area contributed by atoms with Crippen molar-refractivity contribution in [2.75, 3.05) is 44.3 Å². The molecule has 0 atom stereocenters. The fourth-order valence-electron chi connectivity index (χ4n) is 4.26. The maximum atomic E-state index is 14.4. The fraction of sp³-hybridized carbons (Fsp3) is 0.435.